The average Bonchev–Trinajstić information content (AvgIpc) is 2.98. The summed E-state index contributed by atoms with van der Waals surface area (Å²) < 4.78 is 33.1. The maximum Gasteiger partial charge on any atom is 0.143 e. The molecule has 4 heteroatoms. The number of benzene rings is 1. The van der Waals surface area contributed by atoms with E-state index in [1.165, 1.54) is 12.3 Å². The molecule has 1 aliphatic carbocycles. The van der Waals surface area contributed by atoms with Crippen LogP contribution in [0.15, 0.2) is 22.8 Å². The minimum Gasteiger partial charge on any atom is -0.464 e. The standard InChI is InChI=1S/C14H15F2NO/c15-10-7-11(16)12(13-9(10)3-6-18-13)14(8-17)4-1-2-5-14/h3,6-7H,1-2,4-5,8,17H2. The first kappa shape index (κ1) is 11.7. The minimum absolute atomic E-state index is 0.319. The van der Waals surface area contributed by atoms with Crippen LogP contribution in [0.1, 0.15) is 31.2 Å². The second-order valence-corrected chi connectivity index (χ2v) is 5.07. The smallest absolute Gasteiger partial charge is 0.143 e. The fourth-order valence-corrected chi connectivity index (χ4v) is 3.16. The predicted octanol–water partition coefficient (Wildman–Crippen LogP) is 3.48. The molecule has 0 aliphatic heterocycles. The quantitative estimate of drug-likeness (QED) is 0.887. The highest BCUT2D eigenvalue weighted by atomic mass is 19.1. The van der Waals surface area contributed by atoms with Crippen molar-refractivity contribution in [1.29, 1.82) is 0 Å². The van der Waals surface area contributed by atoms with Gasteiger partial charge in [0.25, 0.3) is 0 Å². The van der Waals surface area contributed by atoms with Crippen molar-refractivity contribution in [1.82, 2.24) is 0 Å². The van der Waals surface area contributed by atoms with Gasteiger partial charge >= 0.3 is 0 Å². The summed E-state index contributed by atoms with van der Waals surface area (Å²) in [5, 5.41) is 0.339. The Kier molecular flexibility index (Phi) is 2.63. The molecule has 2 nitrogen and oxygen atoms in total. The van der Waals surface area contributed by atoms with Gasteiger partial charge in [0.1, 0.15) is 17.2 Å². The van der Waals surface area contributed by atoms with Crippen molar-refractivity contribution in [3.05, 3.63) is 35.6 Å². The van der Waals surface area contributed by atoms with Gasteiger partial charge in [0.15, 0.2) is 0 Å². The van der Waals surface area contributed by atoms with Gasteiger partial charge in [-0.1, -0.05) is 12.8 Å². The summed E-state index contributed by atoms with van der Waals surface area (Å²) in [6.07, 6.45) is 5.12. The lowest BCUT2D eigenvalue weighted by atomic mass is 9.78. The number of rotatable bonds is 2. The molecule has 1 fully saturated rings. The van der Waals surface area contributed by atoms with Crippen LogP contribution < -0.4 is 5.73 Å². The molecule has 0 atom stereocenters. The Hall–Kier alpha value is -1.42. The molecule has 0 unspecified atom stereocenters. The summed E-state index contributed by atoms with van der Waals surface area (Å²) in [4.78, 5) is 0. The molecule has 1 saturated carbocycles. The van der Waals surface area contributed by atoms with Crippen molar-refractivity contribution < 1.29 is 13.2 Å². The highest BCUT2D eigenvalue weighted by molar-refractivity contribution is 5.82. The van der Waals surface area contributed by atoms with Gasteiger partial charge in [-0.2, -0.15) is 0 Å². The van der Waals surface area contributed by atoms with Crippen molar-refractivity contribution in [3.63, 3.8) is 0 Å². The normalized spacial score (nSPS) is 18.6. The molecule has 0 saturated heterocycles. The zero-order chi connectivity index (χ0) is 12.8. The summed E-state index contributed by atoms with van der Waals surface area (Å²) in [6.45, 7) is 0.366. The SMILES string of the molecule is NCC1(c2c(F)cc(F)c3ccoc23)CCCC1. The van der Waals surface area contributed by atoms with Crippen molar-refractivity contribution in [2.45, 2.75) is 31.1 Å². The zero-order valence-electron chi connectivity index (χ0n) is 10.0. The Morgan fingerprint density at radius 3 is 2.61 bits per heavy atom. The number of furan rings is 1. The van der Waals surface area contributed by atoms with E-state index in [4.69, 9.17) is 10.2 Å². The number of nitrogens with two attached hydrogens (primary N) is 1. The van der Waals surface area contributed by atoms with Crippen molar-refractivity contribution in [3.8, 4) is 0 Å². The molecule has 2 aromatic rings. The van der Waals surface area contributed by atoms with Crippen molar-refractivity contribution >= 4 is 11.0 Å². The second kappa shape index (κ2) is 4.05. The van der Waals surface area contributed by atoms with E-state index >= 15 is 0 Å². The molecule has 1 heterocycles. The average molecular weight is 251 g/mol. The van der Waals surface area contributed by atoms with Gasteiger partial charge in [-0.3, -0.25) is 0 Å². The lowest BCUT2D eigenvalue weighted by Crippen LogP contribution is -2.33. The predicted molar refractivity (Wildman–Crippen MR) is 65.3 cm³/mol. The van der Waals surface area contributed by atoms with Gasteiger partial charge in [0.2, 0.25) is 0 Å². The number of hydrogen-bond acceptors (Lipinski definition) is 2. The molecule has 0 amide bonds. The largest absolute Gasteiger partial charge is 0.464 e. The molecule has 0 spiro atoms. The topological polar surface area (TPSA) is 39.2 Å². The molecule has 96 valence electrons. The first-order valence-electron chi connectivity index (χ1n) is 6.24. The van der Waals surface area contributed by atoms with Gasteiger partial charge in [-0.15, -0.1) is 0 Å². The van der Waals surface area contributed by atoms with Gasteiger partial charge in [-0.05, 0) is 18.9 Å². The zero-order valence-corrected chi connectivity index (χ0v) is 10.0. The fourth-order valence-electron chi connectivity index (χ4n) is 3.16. The van der Waals surface area contributed by atoms with Gasteiger partial charge in [0.05, 0.1) is 11.6 Å². The lowest BCUT2D eigenvalue weighted by Gasteiger charge is -2.28. The third-order valence-electron chi connectivity index (χ3n) is 4.12. The van der Waals surface area contributed by atoms with E-state index < -0.39 is 17.0 Å². The van der Waals surface area contributed by atoms with E-state index in [-0.39, 0.29) is 0 Å². The summed E-state index contributed by atoms with van der Waals surface area (Å²) in [5.41, 5.74) is 6.25. The Morgan fingerprint density at radius 1 is 1.22 bits per heavy atom. The van der Waals surface area contributed by atoms with Crippen LogP contribution in [-0.4, -0.2) is 6.54 Å². The molecule has 0 radical (unpaired) electrons. The summed E-state index contributed by atoms with van der Waals surface area (Å²) in [6, 6.07) is 2.48. The Bertz CT molecular complexity index is 585. The Labute approximate surface area is 104 Å². The number of fused-ring (bicyclic) bond motifs is 1. The second-order valence-electron chi connectivity index (χ2n) is 5.07. The van der Waals surface area contributed by atoms with Crippen LogP contribution in [-0.2, 0) is 5.41 Å². The summed E-state index contributed by atoms with van der Waals surface area (Å²) in [7, 11) is 0. The number of halogens is 2. The first-order valence-corrected chi connectivity index (χ1v) is 6.24. The maximum atomic E-state index is 14.2. The minimum atomic E-state index is -0.579. The molecule has 3 rings (SSSR count). The molecule has 18 heavy (non-hydrogen) atoms. The third-order valence-corrected chi connectivity index (χ3v) is 4.12. The number of hydrogen-bond donors (Lipinski definition) is 1. The van der Waals surface area contributed by atoms with E-state index in [2.05, 4.69) is 0 Å². The van der Waals surface area contributed by atoms with Crippen molar-refractivity contribution in [2.75, 3.05) is 6.54 Å². The van der Waals surface area contributed by atoms with Crippen LogP contribution in [0, 0.1) is 11.6 Å². The molecule has 1 aromatic carbocycles. The van der Waals surface area contributed by atoms with E-state index in [9.17, 15) is 8.78 Å². The highest BCUT2D eigenvalue weighted by Gasteiger charge is 2.39. The van der Waals surface area contributed by atoms with Crippen LogP contribution in [0.4, 0.5) is 8.78 Å². The first-order chi connectivity index (χ1) is 8.68. The van der Waals surface area contributed by atoms with Gasteiger partial charge in [-0.25, -0.2) is 8.78 Å². The maximum absolute atomic E-state index is 14.2. The van der Waals surface area contributed by atoms with E-state index in [0.29, 0.717) is 23.1 Å². The molecule has 1 aliphatic rings. The fraction of sp³-hybridized carbons (Fsp3) is 0.429. The summed E-state index contributed by atoms with van der Waals surface area (Å²) >= 11 is 0. The monoisotopic (exact) mass is 251 g/mol. The van der Waals surface area contributed by atoms with Crippen molar-refractivity contribution in [2.24, 2.45) is 5.73 Å². The van der Waals surface area contributed by atoms with Crippen LogP contribution in [0.25, 0.3) is 11.0 Å². The van der Waals surface area contributed by atoms with E-state index in [0.717, 1.165) is 31.7 Å². The van der Waals surface area contributed by atoms with Crippen LogP contribution >= 0.6 is 0 Å². The Morgan fingerprint density at radius 2 is 1.94 bits per heavy atom. The van der Waals surface area contributed by atoms with Crippen LogP contribution in [0.3, 0.4) is 0 Å². The van der Waals surface area contributed by atoms with Crippen LogP contribution in [0.5, 0.6) is 0 Å². The molecular formula is C14H15F2NO. The highest BCUT2D eigenvalue weighted by Crippen LogP contribution is 2.44. The summed E-state index contributed by atoms with van der Waals surface area (Å²) in [5.74, 6) is -1.12. The van der Waals surface area contributed by atoms with E-state index in [1.54, 1.807) is 0 Å². The lowest BCUT2D eigenvalue weighted by molar-refractivity contribution is 0.420. The molecule has 2 N–H and O–H groups in total. The van der Waals surface area contributed by atoms with Crippen LogP contribution in [0.2, 0.25) is 0 Å². The Balaban J connectivity index is 2.31. The third kappa shape index (κ3) is 1.48. The van der Waals surface area contributed by atoms with Gasteiger partial charge < -0.3 is 10.2 Å². The van der Waals surface area contributed by atoms with Gasteiger partial charge in [0, 0.05) is 23.6 Å². The molecule has 1 aromatic heterocycles. The molecule has 0 bridgehead atoms. The van der Waals surface area contributed by atoms with E-state index in [1.807, 2.05) is 0 Å². The molecular weight excluding hydrogens is 236 g/mol.